The highest BCUT2D eigenvalue weighted by Crippen LogP contribution is 1.85. The van der Waals surface area contributed by atoms with E-state index in [2.05, 4.69) is 10.6 Å². The standard InChI is InChI=1S/C10H20N2O4/c1-7(9(15)5-13)11-3-4-12-8(2)10(16)6-14/h7-8,11-14H,3-6H2,1-2H3/t7-,8-/m0/s1. The van der Waals surface area contributed by atoms with Crippen LogP contribution >= 0.6 is 0 Å². The minimum atomic E-state index is -0.471. The normalized spacial score (nSPS) is 14.5. The van der Waals surface area contributed by atoms with E-state index in [0.717, 1.165) is 0 Å². The maximum absolute atomic E-state index is 11.0. The number of hydrogen-bond donors (Lipinski definition) is 4. The lowest BCUT2D eigenvalue weighted by atomic mass is 10.2. The van der Waals surface area contributed by atoms with Gasteiger partial charge < -0.3 is 20.8 Å². The number of aliphatic hydroxyl groups is 2. The molecule has 4 N–H and O–H groups in total. The van der Waals surface area contributed by atoms with Crippen molar-refractivity contribution in [3.8, 4) is 0 Å². The Morgan fingerprint density at radius 1 is 0.938 bits per heavy atom. The van der Waals surface area contributed by atoms with Crippen molar-refractivity contribution in [1.29, 1.82) is 0 Å². The van der Waals surface area contributed by atoms with E-state index in [-0.39, 0.29) is 11.6 Å². The number of carbonyl (C=O) groups excluding carboxylic acids is 2. The van der Waals surface area contributed by atoms with E-state index in [1.165, 1.54) is 0 Å². The predicted molar refractivity (Wildman–Crippen MR) is 59.1 cm³/mol. The van der Waals surface area contributed by atoms with Crippen LogP contribution in [0.3, 0.4) is 0 Å². The van der Waals surface area contributed by atoms with Crippen LogP contribution in [0.5, 0.6) is 0 Å². The number of Topliss-reactive ketones (excluding diaryl/α,β-unsaturated/α-hetero) is 2. The fraction of sp³-hybridized carbons (Fsp3) is 0.800. The summed E-state index contributed by atoms with van der Waals surface area (Å²) >= 11 is 0. The molecule has 0 aromatic heterocycles. The quantitative estimate of drug-likeness (QED) is 0.345. The van der Waals surface area contributed by atoms with Gasteiger partial charge in [0.25, 0.3) is 0 Å². The summed E-state index contributed by atoms with van der Waals surface area (Å²) in [6.07, 6.45) is 0. The van der Waals surface area contributed by atoms with E-state index in [9.17, 15) is 9.59 Å². The number of hydrogen-bond acceptors (Lipinski definition) is 6. The molecule has 0 rings (SSSR count). The van der Waals surface area contributed by atoms with Gasteiger partial charge in [-0.3, -0.25) is 9.59 Å². The Labute approximate surface area is 95.0 Å². The highest BCUT2D eigenvalue weighted by atomic mass is 16.3. The first-order valence-corrected chi connectivity index (χ1v) is 5.26. The molecule has 6 nitrogen and oxygen atoms in total. The summed E-state index contributed by atoms with van der Waals surface area (Å²) in [6, 6.07) is -0.786. The van der Waals surface area contributed by atoms with Gasteiger partial charge in [0.1, 0.15) is 13.2 Å². The molecular formula is C10H20N2O4. The number of nitrogens with one attached hydrogen (secondary N) is 2. The summed E-state index contributed by atoms with van der Waals surface area (Å²) in [4.78, 5) is 21.9. The van der Waals surface area contributed by atoms with Gasteiger partial charge in [0.05, 0.1) is 12.1 Å². The first kappa shape index (κ1) is 15.2. The molecular weight excluding hydrogens is 212 g/mol. The molecule has 0 fully saturated rings. The van der Waals surface area contributed by atoms with Crippen molar-refractivity contribution in [2.75, 3.05) is 26.3 Å². The fourth-order valence-corrected chi connectivity index (χ4v) is 1.08. The second-order valence-electron chi connectivity index (χ2n) is 3.60. The van der Waals surface area contributed by atoms with Crippen LogP contribution in [0.2, 0.25) is 0 Å². The Kier molecular flexibility index (Phi) is 7.92. The molecule has 0 bridgehead atoms. The molecule has 0 saturated heterocycles. The first-order valence-electron chi connectivity index (χ1n) is 5.26. The van der Waals surface area contributed by atoms with Crippen molar-refractivity contribution >= 4 is 11.6 Å². The number of ketones is 2. The molecule has 2 atom stereocenters. The van der Waals surface area contributed by atoms with Gasteiger partial charge in [-0.2, -0.15) is 0 Å². The van der Waals surface area contributed by atoms with Crippen LogP contribution in [0, 0.1) is 0 Å². The molecule has 0 amide bonds. The summed E-state index contributed by atoms with van der Waals surface area (Å²) in [5.74, 6) is -0.529. The Balaban J connectivity index is 3.60. The maximum Gasteiger partial charge on any atom is 0.174 e. The van der Waals surface area contributed by atoms with E-state index < -0.39 is 25.3 Å². The second kappa shape index (κ2) is 8.35. The lowest BCUT2D eigenvalue weighted by molar-refractivity contribution is -0.124. The van der Waals surface area contributed by atoms with Crippen molar-refractivity contribution < 1.29 is 19.8 Å². The first-order chi connectivity index (χ1) is 7.52. The Morgan fingerprint density at radius 2 is 1.25 bits per heavy atom. The van der Waals surface area contributed by atoms with E-state index >= 15 is 0 Å². The zero-order valence-electron chi connectivity index (χ0n) is 9.69. The lowest BCUT2D eigenvalue weighted by Crippen LogP contribution is -2.43. The minimum absolute atomic E-state index is 0.264. The summed E-state index contributed by atoms with van der Waals surface area (Å²) in [6.45, 7) is 3.41. The molecule has 0 spiro atoms. The van der Waals surface area contributed by atoms with Crippen LogP contribution in [-0.4, -0.2) is 60.2 Å². The molecule has 6 heteroatoms. The average molecular weight is 232 g/mol. The van der Waals surface area contributed by atoms with Gasteiger partial charge in [-0.15, -0.1) is 0 Å². The van der Waals surface area contributed by atoms with Gasteiger partial charge >= 0.3 is 0 Å². The number of rotatable bonds is 9. The highest BCUT2D eigenvalue weighted by Gasteiger charge is 2.12. The fourth-order valence-electron chi connectivity index (χ4n) is 1.08. The van der Waals surface area contributed by atoms with Crippen molar-refractivity contribution in [2.24, 2.45) is 0 Å². The Morgan fingerprint density at radius 3 is 1.50 bits per heavy atom. The van der Waals surface area contributed by atoms with Crippen LogP contribution in [0.4, 0.5) is 0 Å². The van der Waals surface area contributed by atoms with E-state index in [0.29, 0.717) is 13.1 Å². The number of carbonyl (C=O) groups is 2. The summed E-state index contributed by atoms with van der Waals surface area (Å²) < 4.78 is 0. The largest absolute Gasteiger partial charge is 0.389 e. The van der Waals surface area contributed by atoms with Gasteiger partial charge in [-0.25, -0.2) is 0 Å². The van der Waals surface area contributed by atoms with Crippen molar-refractivity contribution in [3.63, 3.8) is 0 Å². The molecule has 16 heavy (non-hydrogen) atoms. The van der Waals surface area contributed by atoms with E-state index in [1.807, 2.05) is 0 Å². The topological polar surface area (TPSA) is 98.7 Å². The smallest absolute Gasteiger partial charge is 0.174 e. The zero-order valence-corrected chi connectivity index (χ0v) is 9.69. The van der Waals surface area contributed by atoms with Crippen molar-refractivity contribution in [2.45, 2.75) is 25.9 Å². The monoisotopic (exact) mass is 232 g/mol. The zero-order chi connectivity index (χ0) is 12.6. The van der Waals surface area contributed by atoms with E-state index in [1.54, 1.807) is 13.8 Å². The summed E-state index contributed by atoms with van der Waals surface area (Å²) in [5, 5.41) is 23.0. The molecule has 0 aliphatic heterocycles. The molecule has 0 saturated carbocycles. The van der Waals surface area contributed by atoms with Crippen LogP contribution < -0.4 is 10.6 Å². The minimum Gasteiger partial charge on any atom is -0.389 e. The summed E-state index contributed by atoms with van der Waals surface area (Å²) in [5.41, 5.74) is 0. The Bertz CT molecular complexity index is 209. The molecule has 0 unspecified atom stereocenters. The van der Waals surface area contributed by atoms with Crippen LogP contribution in [0.25, 0.3) is 0 Å². The van der Waals surface area contributed by atoms with Gasteiger partial charge in [0.2, 0.25) is 0 Å². The SMILES string of the molecule is C[C@H](NCCN[C@@H](C)C(=O)CO)C(=O)CO. The van der Waals surface area contributed by atoms with Crippen LogP contribution in [0.1, 0.15) is 13.8 Å². The highest BCUT2D eigenvalue weighted by molar-refractivity contribution is 5.84. The summed E-state index contributed by atoms with van der Waals surface area (Å²) in [7, 11) is 0. The molecule has 94 valence electrons. The second-order valence-corrected chi connectivity index (χ2v) is 3.60. The molecule has 0 radical (unpaired) electrons. The van der Waals surface area contributed by atoms with Crippen LogP contribution in [-0.2, 0) is 9.59 Å². The maximum atomic E-state index is 11.0. The third-order valence-electron chi connectivity index (χ3n) is 2.30. The van der Waals surface area contributed by atoms with Crippen molar-refractivity contribution in [1.82, 2.24) is 10.6 Å². The van der Waals surface area contributed by atoms with Crippen molar-refractivity contribution in [3.05, 3.63) is 0 Å². The van der Waals surface area contributed by atoms with E-state index in [4.69, 9.17) is 10.2 Å². The average Bonchev–Trinajstić information content (AvgIpc) is 2.31. The third kappa shape index (κ3) is 5.92. The van der Waals surface area contributed by atoms with Gasteiger partial charge in [0, 0.05) is 13.1 Å². The third-order valence-corrected chi connectivity index (χ3v) is 2.30. The van der Waals surface area contributed by atoms with Crippen LogP contribution in [0.15, 0.2) is 0 Å². The lowest BCUT2D eigenvalue weighted by Gasteiger charge is -2.14. The molecule has 0 aromatic rings. The molecule has 0 aliphatic carbocycles. The molecule has 0 aliphatic rings. The Hall–Kier alpha value is -0.820. The van der Waals surface area contributed by atoms with Gasteiger partial charge in [-0.05, 0) is 13.8 Å². The number of aliphatic hydroxyl groups excluding tert-OH is 2. The predicted octanol–water partition coefficient (Wildman–Crippen LogP) is -1.93. The van der Waals surface area contributed by atoms with Gasteiger partial charge in [-0.1, -0.05) is 0 Å². The van der Waals surface area contributed by atoms with Gasteiger partial charge in [0.15, 0.2) is 11.6 Å². The molecule has 0 heterocycles. The molecule has 0 aromatic carbocycles.